The number of carbonyl (C=O) groups is 1. The van der Waals surface area contributed by atoms with Crippen molar-refractivity contribution < 1.29 is 9.90 Å². The molecule has 1 saturated heterocycles. The van der Waals surface area contributed by atoms with Crippen molar-refractivity contribution in [2.45, 2.75) is 35.6 Å². The highest BCUT2D eigenvalue weighted by Crippen LogP contribution is 2.49. The van der Waals surface area contributed by atoms with Crippen LogP contribution in [0.2, 0.25) is 0 Å². The number of nitrogens with zero attached hydrogens (tertiary/aromatic N) is 1. The third-order valence-corrected chi connectivity index (χ3v) is 6.69. The summed E-state index contributed by atoms with van der Waals surface area (Å²) < 4.78 is 0. The number of hydrogen-bond acceptors (Lipinski definition) is 3. The third kappa shape index (κ3) is 3.33. The van der Waals surface area contributed by atoms with Gasteiger partial charge in [-0.1, -0.05) is 48.5 Å². The molecule has 2 atom stereocenters. The highest BCUT2D eigenvalue weighted by Gasteiger charge is 2.54. The Morgan fingerprint density at radius 3 is 2.52 bits per heavy atom. The molecule has 3 nitrogen and oxygen atoms in total. The fraction of sp³-hybridized carbons (Fsp3) is 0.381. The first-order chi connectivity index (χ1) is 12.2. The van der Waals surface area contributed by atoms with Crippen molar-refractivity contribution in [1.82, 2.24) is 4.90 Å². The minimum atomic E-state index is -0.591. The zero-order valence-corrected chi connectivity index (χ0v) is 15.0. The van der Waals surface area contributed by atoms with E-state index < -0.39 is 11.4 Å². The summed E-state index contributed by atoms with van der Waals surface area (Å²) in [4.78, 5) is 16.6. The second-order valence-corrected chi connectivity index (χ2v) is 8.43. The molecule has 2 aromatic rings. The van der Waals surface area contributed by atoms with Gasteiger partial charge >= 0.3 is 5.97 Å². The first-order valence-electron chi connectivity index (χ1n) is 8.93. The van der Waals surface area contributed by atoms with E-state index in [4.69, 9.17) is 0 Å². The van der Waals surface area contributed by atoms with Crippen LogP contribution in [0.4, 0.5) is 0 Å². The predicted octanol–water partition coefficient (Wildman–Crippen LogP) is 4.52. The summed E-state index contributed by atoms with van der Waals surface area (Å²) in [7, 11) is 0. The lowest BCUT2D eigenvalue weighted by Gasteiger charge is -2.23. The van der Waals surface area contributed by atoms with Crippen molar-refractivity contribution >= 4 is 17.7 Å². The van der Waals surface area contributed by atoms with E-state index in [0.29, 0.717) is 12.5 Å². The molecule has 0 radical (unpaired) electrons. The smallest absolute Gasteiger partial charge is 0.311 e. The van der Waals surface area contributed by atoms with E-state index in [1.165, 1.54) is 15.4 Å². The summed E-state index contributed by atoms with van der Waals surface area (Å²) in [6.45, 7) is 2.47. The van der Waals surface area contributed by atoms with Crippen molar-refractivity contribution in [3.63, 3.8) is 0 Å². The molecule has 1 saturated carbocycles. The largest absolute Gasteiger partial charge is 0.481 e. The molecular weight excluding hydrogens is 330 g/mol. The van der Waals surface area contributed by atoms with Gasteiger partial charge in [-0.3, -0.25) is 9.69 Å². The number of aliphatic carboxylic acids is 1. The Bertz CT molecular complexity index is 746. The van der Waals surface area contributed by atoms with Crippen molar-refractivity contribution in [3.8, 4) is 0 Å². The molecule has 2 fully saturated rings. The fourth-order valence-corrected chi connectivity index (χ4v) is 5.25. The third-order valence-electron chi connectivity index (χ3n) is 5.68. The van der Waals surface area contributed by atoms with Crippen LogP contribution in [-0.4, -0.2) is 29.1 Å². The molecule has 1 heterocycles. The number of carboxylic acids is 1. The molecule has 4 rings (SSSR count). The summed E-state index contributed by atoms with van der Waals surface area (Å²) in [5, 5.41) is 9.71. The van der Waals surface area contributed by atoms with E-state index in [9.17, 15) is 9.90 Å². The Morgan fingerprint density at radius 2 is 1.84 bits per heavy atom. The fourth-order valence-electron chi connectivity index (χ4n) is 4.41. The lowest BCUT2D eigenvalue weighted by molar-refractivity contribution is -0.149. The molecule has 0 amide bonds. The summed E-state index contributed by atoms with van der Waals surface area (Å²) in [5.74, 6) is -0.259. The van der Waals surface area contributed by atoms with Crippen LogP contribution in [0.25, 0.3) is 0 Å². The van der Waals surface area contributed by atoms with Crippen LogP contribution in [0.1, 0.15) is 24.8 Å². The van der Waals surface area contributed by atoms with Crippen LogP contribution in [0.15, 0.2) is 64.4 Å². The summed E-state index contributed by atoms with van der Waals surface area (Å²) in [6, 6.07) is 19.0. The van der Waals surface area contributed by atoms with Crippen LogP contribution in [0, 0.1) is 11.3 Å². The van der Waals surface area contributed by atoms with Gasteiger partial charge in [-0.05, 0) is 48.6 Å². The maximum atomic E-state index is 11.8. The van der Waals surface area contributed by atoms with E-state index >= 15 is 0 Å². The lowest BCUT2D eigenvalue weighted by Crippen LogP contribution is -2.35. The summed E-state index contributed by atoms with van der Waals surface area (Å²) >= 11 is 1.76. The number of likely N-dealkylation sites (tertiary alicyclic amines) is 1. The quantitative estimate of drug-likeness (QED) is 0.858. The van der Waals surface area contributed by atoms with Crippen LogP contribution >= 0.6 is 11.8 Å². The molecule has 2 aliphatic rings. The second-order valence-electron chi connectivity index (χ2n) is 7.28. The minimum Gasteiger partial charge on any atom is -0.481 e. The topological polar surface area (TPSA) is 40.5 Å². The number of benzene rings is 2. The van der Waals surface area contributed by atoms with Gasteiger partial charge in [-0.2, -0.15) is 0 Å². The van der Waals surface area contributed by atoms with Crippen molar-refractivity contribution in [3.05, 3.63) is 60.2 Å². The minimum absolute atomic E-state index is 0.331. The van der Waals surface area contributed by atoms with Crippen molar-refractivity contribution in [2.24, 2.45) is 11.3 Å². The van der Waals surface area contributed by atoms with Gasteiger partial charge in [0.05, 0.1) is 5.41 Å². The van der Waals surface area contributed by atoms with Gasteiger partial charge in [0.2, 0.25) is 0 Å². The SMILES string of the molecule is O=C(O)[C@@]12CCC[C@H]1CN(Cc1ccc(Sc3ccccc3)cc1)C2. The molecule has 0 aromatic heterocycles. The van der Waals surface area contributed by atoms with E-state index in [0.717, 1.165) is 32.4 Å². The maximum Gasteiger partial charge on any atom is 0.311 e. The maximum absolute atomic E-state index is 11.8. The average Bonchev–Trinajstić information content (AvgIpc) is 3.16. The normalized spacial score (nSPS) is 25.8. The average molecular weight is 353 g/mol. The molecule has 2 aromatic carbocycles. The molecule has 4 heteroatoms. The zero-order valence-electron chi connectivity index (χ0n) is 14.2. The van der Waals surface area contributed by atoms with E-state index in [1.54, 1.807) is 11.8 Å². The standard InChI is InChI=1S/C21H23NO2S/c23-20(24)21-12-4-5-17(21)14-22(15-21)13-16-8-10-19(11-9-16)25-18-6-2-1-3-7-18/h1-3,6-11,17H,4-5,12-15H2,(H,23,24)/t17-,21+/m0/s1. The van der Waals surface area contributed by atoms with Gasteiger partial charge in [-0.25, -0.2) is 0 Å². The summed E-state index contributed by atoms with van der Waals surface area (Å²) in [5.41, 5.74) is 0.779. The highest BCUT2D eigenvalue weighted by atomic mass is 32.2. The second kappa shape index (κ2) is 6.85. The van der Waals surface area contributed by atoms with Gasteiger partial charge in [0.25, 0.3) is 0 Å². The Labute approximate surface area is 153 Å². The Hall–Kier alpha value is -1.78. The molecule has 0 bridgehead atoms. The molecule has 1 aliphatic carbocycles. The molecule has 0 spiro atoms. The van der Waals surface area contributed by atoms with Gasteiger partial charge in [0, 0.05) is 29.4 Å². The summed E-state index contributed by atoms with van der Waals surface area (Å²) in [6.07, 6.45) is 2.97. The highest BCUT2D eigenvalue weighted by molar-refractivity contribution is 7.99. The Balaban J connectivity index is 1.40. The molecular formula is C21H23NO2S. The molecule has 1 N–H and O–H groups in total. The van der Waals surface area contributed by atoms with Crippen LogP contribution in [-0.2, 0) is 11.3 Å². The Morgan fingerprint density at radius 1 is 1.12 bits per heavy atom. The van der Waals surface area contributed by atoms with Crippen LogP contribution < -0.4 is 0 Å². The lowest BCUT2D eigenvalue weighted by atomic mass is 9.81. The molecule has 130 valence electrons. The predicted molar refractivity (Wildman–Crippen MR) is 99.7 cm³/mol. The van der Waals surface area contributed by atoms with Gasteiger partial charge in [0.1, 0.15) is 0 Å². The number of fused-ring (bicyclic) bond motifs is 1. The molecule has 25 heavy (non-hydrogen) atoms. The first kappa shape index (κ1) is 16.7. The monoisotopic (exact) mass is 353 g/mol. The number of rotatable bonds is 5. The molecule has 0 unspecified atom stereocenters. The Kier molecular flexibility index (Phi) is 4.57. The van der Waals surface area contributed by atoms with Gasteiger partial charge in [-0.15, -0.1) is 0 Å². The molecule has 1 aliphatic heterocycles. The van der Waals surface area contributed by atoms with Crippen LogP contribution in [0.5, 0.6) is 0 Å². The van der Waals surface area contributed by atoms with Gasteiger partial charge in [0.15, 0.2) is 0 Å². The first-order valence-corrected chi connectivity index (χ1v) is 9.75. The van der Waals surface area contributed by atoms with Crippen LogP contribution in [0.3, 0.4) is 0 Å². The number of carboxylic acid groups (broad SMARTS) is 1. The van der Waals surface area contributed by atoms with Crippen molar-refractivity contribution in [1.29, 1.82) is 0 Å². The number of hydrogen-bond donors (Lipinski definition) is 1. The van der Waals surface area contributed by atoms with Gasteiger partial charge < -0.3 is 5.11 Å². The van der Waals surface area contributed by atoms with E-state index in [2.05, 4.69) is 53.4 Å². The zero-order chi connectivity index (χ0) is 17.3. The van der Waals surface area contributed by atoms with Crippen molar-refractivity contribution in [2.75, 3.05) is 13.1 Å². The van der Waals surface area contributed by atoms with E-state index in [-0.39, 0.29) is 0 Å². The van der Waals surface area contributed by atoms with E-state index in [1.807, 2.05) is 6.07 Å².